The van der Waals surface area contributed by atoms with Gasteiger partial charge in [0.2, 0.25) is 0 Å². The predicted octanol–water partition coefficient (Wildman–Crippen LogP) is 3.35. The van der Waals surface area contributed by atoms with Crippen LogP contribution in [-0.2, 0) is 0 Å². The van der Waals surface area contributed by atoms with Crippen LogP contribution in [0.5, 0.6) is 0 Å². The molecular weight excluding hydrogens is 258 g/mol. The van der Waals surface area contributed by atoms with Crippen molar-refractivity contribution in [2.75, 3.05) is 19.6 Å². The molecule has 0 radical (unpaired) electrons. The zero-order valence-electron chi connectivity index (χ0n) is 12.5. The lowest BCUT2D eigenvalue weighted by Gasteiger charge is -2.21. The zero-order valence-corrected chi connectivity index (χ0v) is 12.5. The van der Waals surface area contributed by atoms with Gasteiger partial charge in [-0.15, -0.1) is 0 Å². The quantitative estimate of drug-likeness (QED) is 0.891. The van der Waals surface area contributed by atoms with E-state index in [-0.39, 0.29) is 6.04 Å². The first kappa shape index (κ1) is 15.4. The van der Waals surface area contributed by atoms with Crippen molar-refractivity contribution >= 4 is 0 Å². The first-order chi connectivity index (χ1) is 9.45. The Morgan fingerprint density at radius 2 is 1.85 bits per heavy atom. The minimum Gasteiger partial charge on any atom is -0.310 e. The number of hydrogen-bond donors (Lipinski definition) is 1. The van der Waals surface area contributed by atoms with E-state index in [1.807, 2.05) is 6.92 Å². The average Bonchev–Trinajstić information content (AvgIpc) is 2.83. The molecule has 2 unspecified atom stereocenters. The van der Waals surface area contributed by atoms with Crippen LogP contribution >= 0.6 is 0 Å². The van der Waals surface area contributed by atoms with Crippen molar-refractivity contribution in [2.45, 2.75) is 39.3 Å². The first-order valence-corrected chi connectivity index (χ1v) is 7.39. The summed E-state index contributed by atoms with van der Waals surface area (Å²) in [5.74, 6) is -0.403. The van der Waals surface area contributed by atoms with Crippen molar-refractivity contribution in [1.82, 2.24) is 10.2 Å². The molecule has 1 aromatic carbocycles. The standard InChI is InChI=1S/C16H24F2N2/c1-11(2)20-5-4-13(10-20)9-19-12(3)14-6-15(17)8-16(18)7-14/h6-8,11-13,19H,4-5,9-10H2,1-3H3. The number of hydrogen-bond acceptors (Lipinski definition) is 2. The van der Waals surface area contributed by atoms with Gasteiger partial charge in [0.05, 0.1) is 0 Å². The summed E-state index contributed by atoms with van der Waals surface area (Å²) in [4.78, 5) is 2.47. The van der Waals surface area contributed by atoms with E-state index in [1.165, 1.54) is 18.6 Å². The van der Waals surface area contributed by atoms with E-state index in [9.17, 15) is 8.78 Å². The molecule has 0 amide bonds. The van der Waals surface area contributed by atoms with Gasteiger partial charge in [0.1, 0.15) is 11.6 Å². The number of benzene rings is 1. The summed E-state index contributed by atoms with van der Waals surface area (Å²) in [5.41, 5.74) is 0.668. The van der Waals surface area contributed by atoms with Crippen LogP contribution < -0.4 is 5.32 Å². The highest BCUT2D eigenvalue weighted by Gasteiger charge is 2.24. The van der Waals surface area contributed by atoms with E-state index < -0.39 is 11.6 Å². The molecule has 1 heterocycles. The smallest absolute Gasteiger partial charge is 0.126 e. The van der Waals surface area contributed by atoms with Gasteiger partial charge in [-0.3, -0.25) is 0 Å². The van der Waals surface area contributed by atoms with Crippen LogP contribution in [0.1, 0.15) is 38.8 Å². The van der Waals surface area contributed by atoms with Gasteiger partial charge in [-0.25, -0.2) is 8.78 Å². The van der Waals surface area contributed by atoms with Gasteiger partial charge in [0, 0.05) is 24.7 Å². The van der Waals surface area contributed by atoms with Crippen LogP contribution in [0.15, 0.2) is 18.2 Å². The lowest BCUT2D eigenvalue weighted by molar-refractivity contribution is 0.263. The van der Waals surface area contributed by atoms with Crippen LogP contribution in [0.25, 0.3) is 0 Å². The second-order valence-electron chi connectivity index (χ2n) is 6.08. The van der Waals surface area contributed by atoms with Crippen LogP contribution in [-0.4, -0.2) is 30.6 Å². The van der Waals surface area contributed by atoms with Crippen molar-refractivity contribution in [3.05, 3.63) is 35.4 Å². The summed E-state index contributed by atoms with van der Waals surface area (Å²) in [6.45, 7) is 9.52. The maximum absolute atomic E-state index is 13.2. The summed E-state index contributed by atoms with van der Waals surface area (Å²) in [7, 11) is 0. The molecule has 20 heavy (non-hydrogen) atoms. The number of likely N-dealkylation sites (tertiary alicyclic amines) is 1. The van der Waals surface area contributed by atoms with Gasteiger partial charge in [-0.1, -0.05) is 0 Å². The van der Waals surface area contributed by atoms with Gasteiger partial charge < -0.3 is 10.2 Å². The number of rotatable bonds is 5. The monoisotopic (exact) mass is 282 g/mol. The highest BCUT2D eigenvalue weighted by Crippen LogP contribution is 2.20. The molecule has 2 atom stereocenters. The van der Waals surface area contributed by atoms with Gasteiger partial charge in [0.25, 0.3) is 0 Å². The molecule has 112 valence electrons. The van der Waals surface area contributed by atoms with Crippen molar-refractivity contribution < 1.29 is 8.78 Å². The molecule has 1 aliphatic rings. The van der Waals surface area contributed by atoms with E-state index >= 15 is 0 Å². The second-order valence-corrected chi connectivity index (χ2v) is 6.08. The molecule has 2 rings (SSSR count). The van der Waals surface area contributed by atoms with Crippen molar-refractivity contribution in [3.8, 4) is 0 Å². The largest absolute Gasteiger partial charge is 0.310 e. The Labute approximate surface area is 120 Å². The molecule has 1 aromatic rings. The van der Waals surface area contributed by atoms with E-state index in [4.69, 9.17) is 0 Å². The van der Waals surface area contributed by atoms with Gasteiger partial charge in [-0.05, 0) is 63.9 Å². The average molecular weight is 282 g/mol. The molecule has 0 saturated carbocycles. The molecule has 2 nitrogen and oxygen atoms in total. The third-order valence-electron chi connectivity index (χ3n) is 4.15. The minimum atomic E-state index is -0.513. The fourth-order valence-electron chi connectivity index (χ4n) is 2.78. The van der Waals surface area contributed by atoms with E-state index in [2.05, 4.69) is 24.1 Å². The highest BCUT2D eigenvalue weighted by atomic mass is 19.1. The third-order valence-corrected chi connectivity index (χ3v) is 4.15. The summed E-state index contributed by atoms with van der Waals surface area (Å²) < 4.78 is 26.4. The maximum atomic E-state index is 13.2. The number of halogens is 2. The van der Waals surface area contributed by atoms with Crippen molar-refractivity contribution in [1.29, 1.82) is 0 Å². The molecule has 0 spiro atoms. The van der Waals surface area contributed by atoms with Crippen molar-refractivity contribution in [3.63, 3.8) is 0 Å². The fraction of sp³-hybridized carbons (Fsp3) is 0.625. The van der Waals surface area contributed by atoms with Gasteiger partial charge in [-0.2, -0.15) is 0 Å². The summed E-state index contributed by atoms with van der Waals surface area (Å²) in [5, 5.41) is 3.39. The molecular formula is C16H24F2N2. The van der Waals surface area contributed by atoms with Crippen LogP contribution in [0, 0.1) is 17.6 Å². The summed E-state index contributed by atoms with van der Waals surface area (Å²) >= 11 is 0. The lowest BCUT2D eigenvalue weighted by Crippen LogP contribution is -2.31. The van der Waals surface area contributed by atoms with Crippen LogP contribution in [0.4, 0.5) is 8.78 Å². The molecule has 0 aliphatic carbocycles. The normalized spacial score (nSPS) is 21.6. The topological polar surface area (TPSA) is 15.3 Å². The van der Waals surface area contributed by atoms with Crippen molar-refractivity contribution in [2.24, 2.45) is 5.92 Å². The van der Waals surface area contributed by atoms with Gasteiger partial charge >= 0.3 is 0 Å². The van der Waals surface area contributed by atoms with E-state index in [0.29, 0.717) is 17.5 Å². The minimum absolute atomic E-state index is 0.0340. The summed E-state index contributed by atoms with van der Waals surface area (Å²) in [6.07, 6.45) is 1.19. The Kier molecular flexibility index (Phi) is 5.11. The first-order valence-electron chi connectivity index (χ1n) is 7.39. The third kappa shape index (κ3) is 4.00. The predicted molar refractivity (Wildman–Crippen MR) is 77.6 cm³/mol. The van der Waals surface area contributed by atoms with E-state index in [1.54, 1.807) is 0 Å². The Morgan fingerprint density at radius 3 is 2.40 bits per heavy atom. The molecule has 1 saturated heterocycles. The maximum Gasteiger partial charge on any atom is 0.126 e. The number of nitrogens with one attached hydrogen (secondary N) is 1. The Bertz CT molecular complexity index is 428. The van der Waals surface area contributed by atoms with Crippen LogP contribution in [0.2, 0.25) is 0 Å². The molecule has 4 heteroatoms. The molecule has 0 aromatic heterocycles. The lowest BCUT2D eigenvalue weighted by atomic mass is 10.1. The highest BCUT2D eigenvalue weighted by molar-refractivity contribution is 5.20. The Hall–Kier alpha value is -1.00. The summed E-state index contributed by atoms with van der Waals surface area (Å²) in [6, 6.07) is 4.27. The van der Waals surface area contributed by atoms with E-state index in [0.717, 1.165) is 25.7 Å². The zero-order chi connectivity index (χ0) is 14.7. The molecule has 1 aliphatic heterocycles. The molecule has 1 N–H and O–H groups in total. The van der Waals surface area contributed by atoms with Gasteiger partial charge in [0.15, 0.2) is 0 Å². The molecule has 0 bridgehead atoms. The Balaban J connectivity index is 1.85. The fourth-order valence-corrected chi connectivity index (χ4v) is 2.78. The number of nitrogens with zero attached hydrogens (tertiary/aromatic N) is 1. The SMILES string of the molecule is CC(NCC1CCN(C(C)C)C1)c1cc(F)cc(F)c1. The van der Waals surface area contributed by atoms with Crippen LogP contribution in [0.3, 0.4) is 0 Å². The second kappa shape index (κ2) is 6.64. The molecule has 1 fully saturated rings. The Morgan fingerprint density at radius 1 is 1.20 bits per heavy atom.